The zero-order chi connectivity index (χ0) is 15.1. The molecular weight excluding hydrogens is 310 g/mol. The Bertz CT molecular complexity index is 643. The highest BCUT2D eigenvalue weighted by molar-refractivity contribution is 7.98. The van der Waals surface area contributed by atoms with Gasteiger partial charge in [0.15, 0.2) is 5.82 Å². The lowest BCUT2D eigenvalue weighted by Crippen LogP contribution is -2.26. The molecule has 112 valence electrons. The van der Waals surface area contributed by atoms with E-state index in [9.17, 15) is 10.1 Å². The molecule has 0 bridgehead atoms. The Morgan fingerprint density at radius 1 is 1.62 bits per heavy atom. The smallest absolute Gasteiger partial charge is 0.274 e. The Morgan fingerprint density at radius 2 is 2.48 bits per heavy atom. The van der Waals surface area contributed by atoms with Crippen LogP contribution in [0.15, 0.2) is 29.7 Å². The van der Waals surface area contributed by atoms with Crippen molar-refractivity contribution in [2.75, 3.05) is 19.3 Å². The van der Waals surface area contributed by atoms with Crippen LogP contribution in [-0.4, -0.2) is 34.2 Å². The maximum Gasteiger partial charge on any atom is 0.274 e. The van der Waals surface area contributed by atoms with E-state index in [1.54, 1.807) is 30.1 Å². The number of nitro groups is 1. The molecule has 0 aliphatic rings. The summed E-state index contributed by atoms with van der Waals surface area (Å²) in [5.74, 6) is 2.74. The topological polar surface area (TPSA) is 93.0 Å². The number of fused-ring (bicyclic) bond motifs is 1. The van der Waals surface area contributed by atoms with E-state index in [1.165, 1.54) is 0 Å². The zero-order valence-electron chi connectivity index (χ0n) is 11.4. The Labute approximate surface area is 130 Å². The summed E-state index contributed by atoms with van der Waals surface area (Å²) >= 11 is 3.31. The molecule has 2 rings (SSSR count). The van der Waals surface area contributed by atoms with Gasteiger partial charge in [0.25, 0.3) is 6.20 Å². The first-order valence-electron chi connectivity index (χ1n) is 6.23. The van der Waals surface area contributed by atoms with Crippen molar-refractivity contribution in [3.05, 3.63) is 45.6 Å². The first-order chi connectivity index (χ1) is 10.2. The lowest BCUT2D eigenvalue weighted by Gasteiger charge is -2.07. The molecule has 0 radical (unpaired) electrons. The van der Waals surface area contributed by atoms with Crippen molar-refractivity contribution in [1.82, 2.24) is 20.6 Å². The second kappa shape index (κ2) is 7.79. The van der Waals surface area contributed by atoms with Gasteiger partial charge in [-0.3, -0.25) is 10.1 Å². The molecule has 9 heteroatoms. The van der Waals surface area contributed by atoms with Crippen molar-refractivity contribution < 1.29 is 4.92 Å². The molecule has 0 aliphatic carbocycles. The SMILES string of the molecule is CN/C(=C\[N+](=O)[O-])NCCSCc1ncc2sccc2n1. The highest BCUT2D eigenvalue weighted by Crippen LogP contribution is 2.18. The average Bonchev–Trinajstić information content (AvgIpc) is 2.92. The van der Waals surface area contributed by atoms with Gasteiger partial charge in [-0.2, -0.15) is 11.8 Å². The van der Waals surface area contributed by atoms with E-state index in [1.807, 2.05) is 17.6 Å². The second-order valence-corrected chi connectivity index (χ2v) is 6.07. The number of hydrogen-bond donors (Lipinski definition) is 2. The summed E-state index contributed by atoms with van der Waals surface area (Å²) in [5.41, 5.74) is 0.982. The molecule has 0 aliphatic heterocycles. The largest absolute Gasteiger partial charge is 0.370 e. The van der Waals surface area contributed by atoms with Gasteiger partial charge in [0, 0.05) is 25.5 Å². The molecule has 2 aromatic rings. The summed E-state index contributed by atoms with van der Waals surface area (Å²) in [7, 11) is 1.64. The van der Waals surface area contributed by atoms with Crippen LogP contribution in [0.4, 0.5) is 0 Å². The summed E-state index contributed by atoms with van der Waals surface area (Å²) in [5, 5.41) is 18.1. The highest BCUT2D eigenvalue weighted by atomic mass is 32.2. The van der Waals surface area contributed by atoms with Gasteiger partial charge < -0.3 is 10.6 Å². The Morgan fingerprint density at radius 3 is 3.24 bits per heavy atom. The minimum atomic E-state index is -0.490. The molecule has 0 aromatic carbocycles. The molecule has 0 saturated carbocycles. The van der Waals surface area contributed by atoms with Crippen molar-refractivity contribution >= 4 is 33.3 Å². The van der Waals surface area contributed by atoms with Gasteiger partial charge in [-0.05, 0) is 11.4 Å². The molecule has 0 saturated heterocycles. The molecule has 2 aromatic heterocycles. The number of thioether (sulfide) groups is 1. The molecule has 0 spiro atoms. The number of nitrogens with zero attached hydrogens (tertiary/aromatic N) is 3. The van der Waals surface area contributed by atoms with E-state index in [0.29, 0.717) is 12.4 Å². The van der Waals surface area contributed by atoms with Crippen LogP contribution in [0.3, 0.4) is 0 Å². The van der Waals surface area contributed by atoms with Crippen molar-refractivity contribution in [1.29, 1.82) is 0 Å². The Hall–Kier alpha value is -1.87. The molecule has 2 heterocycles. The fraction of sp³-hybridized carbons (Fsp3) is 0.333. The lowest BCUT2D eigenvalue weighted by molar-refractivity contribution is -0.404. The van der Waals surface area contributed by atoms with Crippen LogP contribution in [-0.2, 0) is 5.75 Å². The fourth-order valence-corrected chi connectivity index (χ4v) is 3.00. The lowest BCUT2D eigenvalue weighted by atomic mass is 10.5. The van der Waals surface area contributed by atoms with Gasteiger partial charge in [-0.1, -0.05) is 0 Å². The number of hydrogen-bond acceptors (Lipinski definition) is 8. The molecule has 0 amide bonds. The summed E-state index contributed by atoms with van der Waals surface area (Å²) in [6, 6.07) is 1.99. The normalized spacial score (nSPS) is 11.6. The Balaban J connectivity index is 1.73. The van der Waals surface area contributed by atoms with E-state index >= 15 is 0 Å². The molecule has 0 atom stereocenters. The average molecular weight is 325 g/mol. The summed E-state index contributed by atoms with van der Waals surface area (Å²) < 4.78 is 1.09. The number of rotatable bonds is 8. The number of aromatic nitrogens is 2. The quantitative estimate of drug-likeness (QED) is 0.434. The van der Waals surface area contributed by atoms with Crippen LogP contribution in [0.25, 0.3) is 10.2 Å². The molecule has 2 N–H and O–H groups in total. The van der Waals surface area contributed by atoms with Crippen LogP contribution >= 0.6 is 23.1 Å². The summed E-state index contributed by atoms with van der Waals surface area (Å²) in [6.07, 6.45) is 2.76. The maximum atomic E-state index is 10.4. The minimum Gasteiger partial charge on any atom is -0.370 e. The molecule has 21 heavy (non-hydrogen) atoms. The van der Waals surface area contributed by atoms with E-state index in [0.717, 1.165) is 33.7 Å². The Kier molecular flexibility index (Phi) is 5.76. The second-order valence-electron chi connectivity index (χ2n) is 4.01. The van der Waals surface area contributed by atoms with E-state index < -0.39 is 4.92 Å². The van der Waals surface area contributed by atoms with E-state index in [2.05, 4.69) is 20.6 Å². The molecule has 0 unspecified atom stereocenters. The first kappa shape index (κ1) is 15.5. The third-order valence-electron chi connectivity index (χ3n) is 2.55. The first-order valence-corrected chi connectivity index (χ1v) is 8.26. The molecule has 0 fully saturated rings. The van der Waals surface area contributed by atoms with Crippen molar-refractivity contribution in [2.24, 2.45) is 0 Å². The van der Waals surface area contributed by atoms with Gasteiger partial charge in [-0.25, -0.2) is 9.97 Å². The molecule has 7 nitrogen and oxygen atoms in total. The monoisotopic (exact) mass is 325 g/mol. The van der Waals surface area contributed by atoms with E-state index in [-0.39, 0.29) is 0 Å². The predicted molar refractivity (Wildman–Crippen MR) is 85.7 cm³/mol. The number of nitrogens with one attached hydrogen (secondary N) is 2. The minimum absolute atomic E-state index is 0.400. The van der Waals surface area contributed by atoms with Gasteiger partial charge in [0.1, 0.15) is 5.82 Å². The van der Waals surface area contributed by atoms with Crippen LogP contribution in [0.2, 0.25) is 0 Å². The fourth-order valence-electron chi connectivity index (χ4n) is 1.60. The van der Waals surface area contributed by atoms with Gasteiger partial charge >= 0.3 is 0 Å². The van der Waals surface area contributed by atoms with E-state index in [4.69, 9.17) is 0 Å². The number of thiophene rings is 1. The van der Waals surface area contributed by atoms with Crippen LogP contribution in [0.5, 0.6) is 0 Å². The van der Waals surface area contributed by atoms with Crippen LogP contribution in [0.1, 0.15) is 5.82 Å². The summed E-state index contributed by atoms with van der Waals surface area (Å²) in [6.45, 7) is 0.631. The standard InChI is InChI=1S/C12H15N5O2S2/c1-13-11(7-17(18)19)14-3-5-20-8-12-15-6-10-9(16-12)2-4-21-10/h2,4,6-7,13-14H,3,5,8H2,1H3/b11-7+. The third kappa shape index (κ3) is 4.87. The molecular formula is C12H15N5O2S2. The third-order valence-corrected chi connectivity index (χ3v) is 4.35. The van der Waals surface area contributed by atoms with Crippen LogP contribution in [0, 0.1) is 10.1 Å². The van der Waals surface area contributed by atoms with Crippen LogP contribution < -0.4 is 10.6 Å². The highest BCUT2D eigenvalue weighted by Gasteiger charge is 2.02. The van der Waals surface area contributed by atoms with Crippen molar-refractivity contribution in [2.45, 2.75) is 5.75 Å². The van der Waals surface area contributed by atoms with Gasteiger partial charge in [-0.15, -0.1) is 11.3 Å². The van der Waals surface area contributed by atoms with Gasteiger partial charge in [0.05, 0.1) is 20.9 Å². The maximum absolute atomic E-state index is 10.4. The van der Waals surface area contributed by atoms with Crippen molar-refractivity contribution in [3.63, 3.8) is 0 Å². The summed E-state index contributed by atoms with van der Waals surface area (Å²) in [4.78, 5) is 18.6. The zero-order valence-corrected chi connectivity index (χ0v) is 13.0. The van der Waals surface area contributed by atoms with Gasteiger partial charge in [0.2, 0.25) is 0 Å². The predicted octanol–water partition coefficient (Wildman–Crippen LogP) is 1.81. The van der Waals surface area contributed by atoms with Crippen molar-refractivity contribution in [3.8, 4) is 0 Å².